The first kappa shape index (κ1) is 9.78. The molecule has 0 amide bonds. The second-order valence-corrected chi connectivity index (χ2v) is 3.83. The molecule has 17 heavy (non-hydrogen) atoms. The van der Waals surface area contributed by atoms with Gasteiger partial charge in [-0.25, -0.2) is 4.98 Å². The number of fused-ring (bicyclic) bond motifs is 2. The summed E-state index contributed by atoms with van der Waals surface area (Å²) < 4.78 is 0. The number of hydrogen-bond acceptors (Lipinski definition) is 3. The van der Waals surface area contributed by atoms with Crippen molar-refractivity contribution in [2.45, 2.75) is 0 Å². The number of nitrogens with zero attached hydrogens (tertiary/aromatic N) is 1. The number of hydrogen-bond donors (Lipinski definition) is 1. The Hall–Kier alpha value is -2.42. The highest BCUT2D eigenvalue weighted by molar-refractivity contribution is 6.11. The second-order valence-electron chi connectivity index (χ2n) is 3.83. The van der Waals surface area contributed by atoms with E-state index < -0.39 is 0 Å². The van der Waals surface area contributed by atoms with Gasteiger partial charge in [0, 0.05) is 10.9 Å². The number of aromatic nitrogens is 1. The molecule has 3 aromatic rings. The maximum Gasteiger partial charge on any atom is 0.151 e. The van der Waals surface area contributed by atoms with Gasteiger partial charge >= 0.3 is 0 Å². The van der Waals surface area contributed by atoms with Crippen molar-refractivity contribution >= 4 is 28.1 Å². The Morgan fingerprint density at radius 3 is 2.59 bits per heavy atom. The lowest BCUT2D eigenvalue weighted by atomic mass is 10.0. The molecule has 82 valence electrons. The van der Waals surface area contributed by atoms with Gasteiger partial charge in [-0.05, 0) is 18.2 Å². The minimum Gasteiger partial charge on any atom is -0.507 e. The molecule has 0 spiro atoms. The average Bonchev–Trinajstić information content (AvgIpc) is 2.36. The summed E-state index contributed by atoms with van der Waals surface area (Å²) in [5, 5.41) is 11.1. The first-order chi connectivity index (χ1) is 8.31. The third kappa shape index (κ3) is 1.36. The fourth-order valence-electron chi connectivity index (χ4n) is 2.08. The number of pyridine rings is 1. The van der Waals surface area contributed by atoms with E-state index >= 15 is 0 Å². The summed E-state index contributed by atoms with van der Waals surface area (Å²) in [4.78, 5) is 15.7. The van der Waals surface area contributed by atoms with Crippen molar-refractivity contribution in [1.29, 1.82) is 0 Å². The van der Waals surface area contributed by atoms with Crippen LogP contribution < -0.4 is 0 Å². The lowest BCUT2D eigenvalue weighted by Gasteiger charge is -2.06. The minimum absolute atomic E-state index is 0.0860. The summed E-state index contributed by atoms with van der Waals surface area (Å²) in [5.74, 6) is 0.0860. The van der Waals surface area contributed by atoms with Crippen LogP contribution in [0, 0.1) is 0 Å². The molecule has 0 saturated heterocycles. The van der Waals surface area contributed by atoms with E-state index in [0.717, 1.165) is 17.2 Å². The number of phenols is 1. The van der Waals surface area contributed by atoms with Crippen LogP contribution in [-0.2, 0) is 0 Å². The Labute approximate surface area is 97.3 Å². The van der Waals surface area contributed by atoms with Gasteiger partial charge in [0.25, 0.3) is 0 Å². The smallest absolute Gasteiger partial charge is 0.151 e. The molecule has 1 aromatic heterocycles. The molecule has 0 aliphatic rings. The number of phenolic OH excluding ortho intramolecular Hbond substituents is 1. The van der Waals surface area contributed by atoms with E-state index in [4.69, 9.17) is 0 Å². The molecule has 0 fully saturated rings. The Bertz CT molecular complexity index is 735. The van der Waals surface area contributed by atoms with Crippen molar-refractivity contribution in [3.05, 3.63) is 48.0 Å². The summed E-state index contributed by atoms with van der Waals surface area (Å²) in [7, 11) is 0. The van der Waals surface area contributed by atoms with Crippen LogP contribution in [0.25, 0.3) is 21.8 Å². The fourth-order valence-corrected chi connectivity index (χ4v) is 2.08. The van der Waals surface area contributed by atoms with Crippen LogP contribution in [-0.4, -0.2) is 16.4 Å². The number of aromatic hydroxyl groups is 1. The maximum absolute atomic E-state index is 11.2. The first-order valence-electron chi connectivity index (χ1n) is 5.27. The molecular formula is C14H9NO2. The molecule has 3 rings (SSSR count). The molecular weight excluding hydrogens is 214 g/mol. The molecule has 0 saturated carbocycles. The molecule has 0 unspecified atom stereocenters. The van der Waals surface area contributed by atoms with Crippen LogP contribution in [0.2, 0.25) is 0 Å². The normalized spacial score (nSPS) is 10.8. The molecule has 1 N–H and O–H groups in total. The van der Waals surface area contributed by atoms with E-state index in [1.165, 1.54) is 0 Å². The van der Waals surface area contributed by atoms with Crippen LogP contribution >= 0.6 is 0 Å². The Balaban J connectivity index is 2.64. The molecule has 0 radical (unpaired) electrons. The summed E-state index contributed by atoms with van der Waals surface area (Å²) in [5.41, 5.74) is 1.88. The van der Waals surface area contributed by atoms with Crippen LogP contribution in [0.3, 0.4) is 0 Å². The van der Waals surface area contributed by atoms with Crippen LogP contribution in [0.1, 0.15) is 10.4 Å². The molecule has 1 heterocycles. The van der Waals surface area contributed by atoms with Gasteiger partial charge < -0.3 is 5.11 Å². The van der Waals surface area contributed by atoms with Gasteiger partial charge in [0.05, 0.1) is 16.4 Å². The highest BCUT2D eigenvalue weighted by Crippen LogP contribution is 2.30. The second kappa shape index (κ2) is 3.56. The predicted octanol–water partition coefficient (Wildman–Crippen LogP) is 2.91. The van der Waals surface area contributed by atoms with Gasteiger partial charge in [-0.1, -0.05) is 24.3 Å². The third-order valence-electron chi connectivity index (χ3n) is 2.84. The minimum atomic E-state index is 0.0860. The number of carbonyl (C=O) groups excluding carboxylic acids is 1. The van der Waals surface area contributed by atoms with E-state index in [1.54, 1.807) is 18.2 Å². The SMILES string of the molecule is O=Cc1c2ccccc2nc2cccc(O)c12. The maximum atomic E-state index is 11.2. The first-order valence-corrected chi connectivity index (χ1v) is 5.27. The standard InChI is InChI=1S/C14H9NO2/c16-8-10-9-4-1-2-5-11(9)15-12-6-3-7-13(17)14(10)12/h1-8,17H. The van der Waals surface area contributed by atoms with E-state index in [9.17, 15) is 9.90 Å². The van der Waals surface area contributed by atoms with E-state index in [1.807, 2.05) is 24.3 Å². The molecule has 0 aliphatic carbocycles. The topological polar surface area (TPSA) is 50.2 Å². The van der Waals surface area contributed by atoms with Gasteiger partial charge in [0.15, 0.2) is 6.29 Å². The van der Waals surface area contributed by atoms with Crippen LogP contribution in [0.15, 0.2) is 42.5 Å². The zero-order valence-corrected chi connectivity index (χ0v) is 8.92. The summed E-state index contributed by atoms with van der Waals surface area (Å²) in [6.07, 6.45) is 0.770. The molecule has 2 aromatic carbocycles. The molecule has 0 atom stereocenters. The van der Waals surface area contributed by atoms with Crippen molar-refractivity contribution in [1.82, 2.24) is 4.98 Å². The highest BCUT2D eigenvalue weighted by atomic mass is 16.3. The monoisotopic (exact) mass is 223 g/mol. The zero-order valence-electron chi connectivity index (χ0n) is 8.92. The van der Waals surface area contributed by atoms with Gasteiger partial charge in [-0.2, -0.15) is 0 Å². The Morgan fingerprint density at radius 2 is 1.76 bits per heavy atom. The van der Waals surface area contributed by atoms with Gasteiger partial charge in [0.2, 0.25) is 0 Å². The van der Waals surface area contributed by atoms with Gasteiger partial charge in [0.1, 0.15) is 5.75 Å². The van der Waals surface area contributed by atoms with Crippen LogP contribution in [0.4, 0.5) is 0 Å². The quantitative estimate of drug-likeness (QED) is 0.509. The van der Waals surface area contributed by atoms with Crippen molar-refractivity contribution in [2.24, 2.45) is 0 Å². The molecule has 0 aliphatic heterocycles. The van der Waals surface area contributed by atoms with Crippen molar-refractivity contribution in [3.8, 4) is 5.75 Å². The molecule has 3 nitrogen and oxygen atoms in total. The van der Waals surface area contributed by atoms with Crippen molar-refractivity contribution in [2.75, 3.05) is 0 Å². The predicted molar refractivity (Wildman–Crippen MR) is 66.3 cm³/mol. The van der Waals surface area contributed by atoms with Gasteiger partial charge in [-0.3, -0.25) is 4.79 Å². The molecule has 0 bridgehead atoms. The Morgan fingerprint density at radius 1 is 1.00 bits per heavy atom. The third-order valence-corrected chi connectivity index (χ3v) is 2.84. The number of carbonyl (C=O) groups is 1. The van der Waals surface area contributed by atoms with E-state index in [-0.39, 0.29) is 5.75 Å². The Kier molecular flexibility index (Phi) is 2.05. The molecule has 3 heteroatoms. The number of para-hydroxylation sites is 1. The summed E-state index contributed by atoms with van der Waals surface area (Å²) in [6.45, 7) is 0. The summed E-state index contributed by atoms with van der Waals surface area (Å²) >= 11 is 0. The van der Waals surface area contributed by atoms with E-state index in [0.29, 0.717) is 16.5 Å². The number of benzene rings is 2. The number of aldehydes is 1. The average molecular weight is 223 g/mol. The number of rotatable bonds is 1. The fraction of sp³-hybridized carbons (Fsp3) is 0. The van der Waals surface area contributed by atoms with Crippen LogP contribution in [0.5, 0.6) is 5.75 Å². The van der Waals surface area contributed by atoms with E-state index in [2.05, 4.69) is 4.98 Å². The lowest BCUT2D eigenvalue weighted by Crippen LogP contribution is -1.91. The summed E-state index contributed by atoms with van der Waals surface area (Å²) in [6, 6.07) is 12.5. The largest absolute Gasteiger partial charge is 0.507 e. The van der Waals surface area contributed by atoms with Crippen molar-refractivity contribution in [3.63, 3.8) is 0 Å². The van der Waals surface area contributed by atoms with Crippen molar-refractivity contribution < 1.29 is 9.90 Å². The zero-order chi connectivity index (χ0) is 11.8. The highest BCUT2D eigenvalue weighted by Gasteiger charge is 2.10. The van der Waals surface area contributed by atoms with Gasteiger partial charge in [-0.15, -0.1) is 0 Å². The lowest BCUT2D eigenvalue weighted by molar-refractivity contribution is 0.112.